The summed E-state index contributed by atoms with van der Waals surface area (Å²) < 4.78 is 7.11. The number of hydrogen-bond acceptors (Lipinski definition) is 3. The second-order valence-electron chi connectivity index (χ2n) is 6.40. The lowest BCUT2D eigenvalue weighted by atomic mass is 9.94. The molecule has 0 spiro atoms. The third-order valence-corrected chi connectivity index (χ3v) is 5.38. The third-order valence-electron chi connectivity index (χ3n) is 4.40. The lowest BCUT2D eigenvalue weighted by Gasteiger charge is -2.24. The Kier molecular flexibility index (Phi) is 11.1. The zero-order chi connectivity index (χ0) is 17.1. The predicted molar refractivity (Wildman–Crippen MR) is 101 cm³/mol. The first-order valence-corrected chi connectivity index (χ1v) is 10.0. The fraction of sp³-hybridized carbons (Fsp3) is 0.833. The van der Waals surface area contributed by atoms with Gasteiger partial charge in [-0.25, -0.2) is 0 Å². The van der Waals surface area contributed by atoms with Gasteiger partial charge >= 0.3 is 5.97 Å². The summed E-state index contributed by atoms with van der Waals surface area (Å²) in [6, 6.07) is 0. The lowest BCUT2D eigenvalue weighted by molar-refractivity contribution is -0.137. The number of carboxylic acid groups (broad SMARTS) is 1. The molecule has 0 amide bonds. The van der Waals surface area contributed by atoms with Gasteiger partial charge < -0.3 is 14.9 Å². The number of aliphatic carboxylic acids is 1. The Labute approximate surface area is 153 Å². The van der Waals surface area contributed by atoms with Crippen LogP contribution in [0.3, 0.4) is 0 Å². The van der Waals surface area contributed by atoms with Crippen molar-refractivity contribution in [3.8, 4) is 0 Å². The van der Waals surface area contributed by atoms with E-state index in [0.717, 1.165) is 29.3 Å². The van der Waals surface area contributed by atoms with E-state index in [2.05, 4.69) is 29.5 Å². The van der Waals surface area contributed by atoms with Crippen LogP contribution in [0.1, 0.15) is 71.1 Å². The molecule has 23 heavy (non-hydrogen) atoms. The minimum atomic E-state index is -0.731. The molecule has 1 rings (SSSR count). The van der Waals surface area contributed by atoms with Crippen molar-refractivity contribution in [2.75, 3.05) is 6.61 Å². The lowest BCUT2D eigenvalue weighted by Crippen LogP contribution is -2.27. The van der Waals surface area contributed by atoms with E-state index in [-0.39, 0.29) is 24.5 Å². The van der Waals surface area contributed by atoms with Gasteiger partial charge in [-0.15, -0.1) is 0 Å². The molecular weight excluding hydrogens is 407 g/mol. The molecule has 0 fully saturated rings. The fourth-order valence-electron chi connectivity index (χ4n) is 3.04. The van der Waals surface area contributed by atoms with E-state index >= 15 is 0 Å². The van der Waals surface area contributed by atoms with Crippen LogP contribution in [0, 0.1) is 5.92 Å². The van der Waals surface area contributed by atoms with Crippen molar-refractivity contribution in [1.29, 1.82) is 0 Å². The second-order valence-corrected chi connectivity index (χ2v) is 7.65. The largest absolute Gasteiger partial charge is 0.481 e. The van der Waals surface area contributed by atoms with E-state index in [9.17, 15) is 9.90 Å². The molecule has 0 saturated carbocycles. The number of carboxylic acids is 1. The topological polar surface area (TPSA) is 66.8 Å². The molecule has 0 saturated heterocycles. The van der Waals surface area contributed by atoms with Crippen LogP contribution in [0.2, 0.25) is 0 Å². The summed E-state index contributed by atoms with van der Waals surface area (Å²) in [4.78, 5) is 10.5. The number of hydrogen-bond donors (Lipinski definition) is 2. The van der Waals surface area contributed by atoms with Crippen LogP contribution in [0.4, 0.5) is 0 Å². The molecule has 2 N–H and O–H groups in total. The van der Waals surface area contributed by atoms with E-state index in [1.165, 1.54) is 25.7 Å². The number of ether oxygens (including phenoxy) is 1. The Morgan fingerprint density at radius 3 is 2.57 bits per heavy atom. The third kappa shape index (κ3) is 8.49. The van der Waals surface area contributed by atoms with Gasteiger partial charge in [0.1, 0.15) is 0 Å². The molecule has 0 radical (unpaired) electrons. The highest BCUT2D eigenvalue weighted by molar-refractivity contribution is 14.1. The van der Waals surface area contributed by atoms with Gasteiger partial charge in [0.05, 0.1) is 12.2 Å². The molecule has 4 nitrogen and oxygen atoms in total. The van der Waals surface area contributed by atoms with Gasteiger partial charge in [0, 0.05) is 22.5 Å². The van der Waals surface area contributed by atoms with Crippen LogP contribution < -0.4 is 0 Å². The molecule has 0 aromatic carbocycles. The van der Waals surface area contributed by atoms with Crippen molar-refractivity contribution in [3.05, 3.63) is 9.66 Å². The first-order chi connectivity index (χ1) is 11.1. The smallest absolute Gasteiger partial charge is 0.303 e. The Hall–Kier alpha value is -0.140. The SMILES string of the molecule is CCCCCCCC1C(O)C=C(I)C1OCCCCCC(=O)O. The molecule has 5 heteroatoms. The van der Waals surface area contributed by atoms with Crippen molar-refractivity contribution in [1.82, 2.24) is 0 Å². The van der Waals surface area contributed by atoms with Crippen LogP contribution >= 0.6 is 22.6 Å². The highest BCUT2D eigenvalue weighted by atomic mass is 127. The number of aliphatic hydroxyl groups excluding tert-OH is 1. The van der Waals surface area contributed by atoms with Gasteiger partial charge in [-0.05, 0) is 47.9 Å². The van der Waals surface area contributed by atoms with E-state index in [1.54, 1.807) is 0 Å². The monoisotopic (exact) mass is 438 g/mol. The Morgan fingerprint density at radius 1 is 1.17 bits per heavy atom. The molecule has 134 valence electrons. The summed E-state index contributed by atoms with van der Waals surface area (Å²) in [5.74, 6) is -0.548. The molecule has 0 aromatic rings. The Bertz CT molecular complexity index is 370. The standard InChI is InChI=1S/C18H31IO4/c1-2-3-4-5-7-10-14-16(20)13-15(19)18(14)23-12-9-6-8-11-17(21)22/h13-14,16,18,20H,2-12H2,1H3,(H,21,22). The minimum Gasteiger partial charge on any atom is -0.481 e. The maximum atomic E-state index is 10.5. The number of rotatable bonds is 13. The van der Waals surface area contributed by atoms with Crippen LogP contribution in [-0.2, 0) is 9.53 Å². The highest BCUT2D eigenvalue weighted by Gasteiger charge is 2.35. The minimum absolute atomic E-state index is 0.0243. The van der Waals surface area contributed by atoms with Gasteiger partial charge in [0.15, 0.2) is 0 Å². The molecule has 0 heterocycles. The fourth-order valence-corrected chi connectivity index (χ4v) is 4.05. The maximum Gasteiger partial charge on any atom is 0.303 e. The summed E-state index contributed by atoms with van der Waals surface area (Å²) in [6.45, 7) is 2.86. The first kappa shape index (κ1) is 20.9. The first-order valence-electron chi connectivity index (χ1n) is 8.95. The summed E-state index contributed by atoms with van der Waals surface area (Å²) >= 11 is 2.27. The van der Waals surface area contributed by atoms with Gasteiger partial charge in [-0.3, -0.25) is 4.79 Å². The van der Waals surface area contributed by atoms with Gasteiger partial charge in [-0.2, -0.15) is 0 Å². The van der Waals surface area contributed by atoms with Gasteiger partial charge in [0.2, 0.25) is 0 Å². The molecule has 3 atom stereocenters. The number of halogens is 1. The zero-order valence-electron chi connectivity index (χ0n) is 14.2. The molecule has 0 aliphatic heterocycles. The van der Waals surface area contributed by atoms with Crippen LogP contribution in [0.25, 0.3) is 0 Å². The van der Waals surface area contributed by atoms with E-state index in [4.69, 9.17) is 9.84 Å². The van der Waals surface area contributed by atoms with E-state index in [1.807, 2.05) is 6.08 Å². The van der Waals surface area contributed by atoms with Crippen molar-refractivity contribution in [2.45, 2.75) is 83.3 Å². The molecule has 0 aromatic heterocycles. The summed E-state index contributed by atoms with van der Waals surface area (Å²) in [5, 5.41) is 18.8. The zero-order valence-corrected chi connectivity index (χ0v) is 16.3. The number of unbranched alkanes of at least 4 members (excludes halogenated alkanes) is 6. The number of carbonyl (C=O) groups is 1. The average Bonchev–Trinajstić information content (AvgIpc) is 2.76. The summed E-state index contributed by atoms with van der Waals surface area (Å²) in [6.07, 6.45) is 11.5. The quantitative estimate of drug-likeness (QED) is 0.324. The van der Waals surface area contributed by atoms with Gasteiger partial charge in [-0.1, -0.05) is 45.4 Å². The van der Waals surface area contributed by atoms with Crippen molar-refractivity contribution < 1.29 is 19.7 Å². The van der Waals surface area contributed by atoms with Crippen molar-refractivity contribution in [2.24, 2.45) is 5.92 Å². The van der Waals surface area contributed by atoms with Crippen LogP contribution in [-0.4, -0.2) is 35.0 Å². The number of aliphatic hydroxyl groups is 1. The van der Waals surface area contributed by atoms with Crippen molar-refractivity contribution in [3.63, 3.8) is 0 Å². The molecule has 1 aliphatic carbocycles. The van der Waals surface area contributed by atoms with E-state index < -0.39 is 5.97 Å². The Balaban J connectivity index is 2.24. The summed E-state index contributed by atoms with van der Waals surface area (Å²) in [7, 11) is 0. The predicted octanol–water partition coefficient (Wildman–Crippen LogP) is 4.69. The second kappa shape index (κ2) is 12.3. The highest BCUT2D eigenvalue weighted by Crippen LogP contribution is 2.36. The Morgan fingerprint density at radius 2 is 1.87 bits per heavy atom. The van der Waals surface area contributed by atoms with E-state index in [0.29, 0.717) is 13.0 Å². The van der Waals surface area contributed by atoms with Gasteiger partial charge in [0.25, 0.3) is 0 Å². The normalized spacial score (nSPS) is 24.0. The maximum absolute atomic E-state index is 10.5. The average molecular weight is 438 g/mol. The van der Waals surface area contributed by atoms with Crippen LogP contribution in [0.5, 0.6) is 0 Å². The molecular formula is C18H31IO4. The van der Waals surface area contributed by atoms with Crippen LogP contribution in [0.15, 0.2) is 9.66 Å². The van der Waals surface area contributed by atoms with Crippen molar-refractivity contribution >= 4 is 28.6 Å². The molecule has 0 bridgehead atoms. The summed E-state index contributed by atoms with van der Waals surface area (Å²) in [5.41, 5.74) is 0. The molecule has 1 aliphatic rings. The molecule has 3 unspecified atom stereocenters.